The number of rotatable bonds is 9. The Labute approximate surface area is 305 Å². The number of imide groups is 2. The van der Waals surface area contributed by atoms with E-state index in [9.17, 15) is 27.6 Å². The van der Waals surface area contributed by atoms with Gasteiger partial charge in [-0.15, -0.1) is 0 Å². The number of amides is 4. The third-order valence-electron chi connectivity index (χ3n) is 11.5. The molecule has 3 aliphatic rings. The van der Waals surface area contributed by atoms with E-state index in [1.807, 2.05) is 6.07 Å². The Hall–Kier alpha value is -4.81. The highest BCUT2D eigenvalue weighted by molar-refractivity contribution is 7.90. The molecule has 1 saturated heterocycles. The molecule has 10 nitrogen and oxygen atoms in total. The van der Waals surface area contributed by atoms with Crippen molar-refractivity contribution in [3.63, 3.8) is 0 Å². The van der Waals surface area contributed by atoms with Crippen LogP contribution in [0, 0.1) is 11.8 Å². The zero-order valence-corrected chi connectivity index (χ0v) is 32.1. The van der Waals surface area contributed by atoms with Crippen molar-refractivity contribution in [2.75, 3.05) is 7.05 Å². The van der Waals surface area contributed by atoms with Crippen LogP contribution in [0.5, 0.6) is 0 Å². The molecule has 0 saturated carbocycles. The van der Waals surface area contributed by atoms with Gasteiger partial charge in [0.15, 0.2) is 0 Å². The van der Waals surface area contributed by atoms with E-state index in [2.05, 4.69) is 41.5 Å². The number of allylic oxidation sites excluding steroid dienone is 1. The number of para-hydroxylation sites is 1. The summed E-state index contributed by atoms with van der Waals surface area (Å²) in [5.74, 6) is -4.86. The summed E-state index contributed by atoms with van der Waals surface area (Å²) in [6.45, 7) is 12.7. The molecule has 0 radical (unpaired) electrons. The summed E-state index contributed by atoms with van der Waals surface area (Å²) in [6, 6.07) is 20.5. The maximum atomic E-state index is 14.4. The standard InChI is InChI=1S/C40H43N3O7SSi/c1-23(2)52(24(3)4,25(5)6)50-33-21-30(31-22-42(32-20-14-13-17-27(31)32)51(48,49)26-15-9-8-10-16-26)34-35(40(47)41(7)39(34)46)36(33)43-37(44)28-18-11-12-19-29(28)38(43)45/h8-25,30,34-36H,1-7H3. The SMILES string of the molecule is CC(C)[Si](OC1=CC(c2cn(S(=O)(=O)c3ccccc3)c3ccccc23)C2C(=O)N(C)C(=O)C2C1N1C(=O)c2ccccc2C1=O)(C(C)C)C(C)C. The summed E-state index contributed by atoms with van der Waals surface area (Å²) in [7, 11) is -5.47. The predicted octanol–water partition coefficient (Wildman–Crippen LogP) is 6.95. The molecule has 4 amide bonds. The summed E-state index contributed by atoms with van der Waals surface area (Å²) in [5, 5.41) is 0.593. The van der Waals surface area contributed by atoms with E-state index in [0.717, 1.165) is 9.80 Å². The molecule has 1 aromatic heterocycles. The normalized spacial score (nSPS) is 22.2. The van der Waals surface area contributed by atoms with Gasteiger partial charge in [0.1, 0.15) is 6.04 Å². The van der Waals surface area contributed by atoms with E-state index in [-0.39, 0.29) is 32.6 Å². The number of fused-ring (bicyclic) bond motifs is 3. The first kappa shape index (κ1) is 35.6. The Morgan fingerprint density at radius 2 is 1.21 bits per heavy atom. The Morgan fingerprint density at radius 3 is 1.79 bits per heavy atom. The van der Waals surface area contributed by atoms with Crippen molar-refractivity contribution in [2.24, 2.45) is 11.8 Å². The van der Waals surface area contributed by atoms with E-state index in [1.165, 1.54) is 23.2 Å². The maximum absolute atomic E-state index is 14.4. The van der Waals surface area contributed by atoms with Crippen LogP contribution in [0.2, 0.25) is 16.6 Å². The van der Waals surface area contributed by atoms with Gasteiger partial charge in [0.2, 0.25) is 11.8 Å². The topological polar surface area (TPSA) is 123 Å². The van der Waals surface area contributed by atoms with Crippen molar-refractivity contribution >= 4 is 52.9 Å². The van der Waals surface area contributed by atoms with Crippen LogP contribution in [-0.2, 0) is 24.0 Å². The molecule has 3 heterocycles. The van der Waals surface area contributed by atoms with Crippen molar-refractivity contribution in [3.05, 3.63) is 114 Å². The zero-order chi connectivity index (χ0) is 37.4. The fourth-order valence-electron chi connectivity index (χ4n) is 9.16. The first-order chi connectivity index (χ1) is 24.6. The molecule has 3 aromatic carbocycles. The number of carbonyl (C=O) groups is 4. The Kier molecular flexibility index (Phi) is 8.69. The minimum atomic E-state index is -4.07. The van der Waals surface area contributed by atoms with Crippen molar-refractivity contribution in [1.82, 2.24) is 13.8 Å². The van der Waals surface area contributed by atoms with Crippen LogP contribution in [0.15, 0.2) is 102 Å². The van der Waals surface area contributed by atoms with Crippen LogP contribution in [-0.4, -0.2) is 67.2 Å². The minimum Gasteiger partial charge on any atom is -0.544 e. The Balaban J connectivity index is 1.51. The fourth-order valence-corrected chi connectivity index (χ4v) is 15.9. The van der Waals surface area contributed by atoms with Gasteiger partial charge >= 0.3 is 0 Å². The van der Waals surface area contributed by atoms with Gasteiger partial charge in [0, 0.05) is 24.5 Å². The van der Waals surface area contributed by atoms with E-state index in [0.29, 0.717) is 22.2 Å². The monoisotopic (exact) mass is 737 g/mol. The average Bonchev–Trinajstić information content (AvgIpc) is 3.71. The van der Waals surface area contributed by atoms with Crippen molar-refractivity contribution < 1.29 is 32.0 Å². The second-order valence-corrected chi connectivity index (χ2v) is 22.2. The van der Waals surface area contributed by atoms with Crippen molar-refractivity contribution in [2.45, 2.75) is 75.0 Å². The average molecular weight is 738 g/mol. The molecule has 4 aromatic rings. The molecular weight excluding hydrogens is 695 g/mol. The lowest BCUT2D eigenvalue weighted by molar-refractivity contribution is -0.138. The minimum absolute atomic E-state index is 0.0916. The summed E-state index contributed by atoms with van der Waals surface area (Å²) in [5.41, 5.74) is 1.66. The van der Waals surface area contributed by atoms with Gasteiger partial charge in [0.05, 0.1) is 39.1 Å². The molecule has 4 atom stereocenters. The largest absolute Gasteiger partial charge is 0.544 e. The molecule has 1 fully saturated rings. The van der Waals surface area contributed by atoms with Crippen molar-refractivity contribution in [1.29, 1.82) is 0 Å². The van der Waals surface area contributed by atoms with Gasteiger partial charge in [-0.2, -0.15) is 0 Å². The van der Waals surface area contributed by atoms with Gasteiger partial charge in [-0.3, -0.25) is 29.0 Å². The molecular formula is C40H43N3O7SSi. The van der Waals surface area contributed by atoms with Crippen LogP contribution < -0.4 is 0 Å². The molecule has 0 spiro atoms. The molecule has 0 N–H and O–H groups in total. The van der Waals surface area contributed by atoms with Crippen LogP contribution in [0.25, 0.3) is 10.9 Å². The third-order valence-corrected chi connectivity index (χ3v) is 19.1. The highest BCUT2D eigenvalue weighted by atomic mass is 32.2. The van der Waals surface area contributed by atoms with Crippen LogP contribution in [0.3, 0.4) is 0 Å². The lowest BCUT2D eigenvalue weighted by atomic mass is 9.70. The molecule has 2 aliphatic heterocycles. The van der Waals surface area contributed by atoms with E-state index < -0.39 is 65.8 Å². The molecule has 0 bridgehead atoms. The lowest BCUT2D eigenvalue weighted by Gasteiger charge is -2.47. The van der Waals surface area contributed by atoms with Crippen LogP contribution in [0.4, 0.5) is 0 Å². The number of benzene rings is 3. The summed E-state index contributed by atoms with van der Waals surface area (Å²) >= 11 is 0. The molecule has 1 aliphatic carbocycles. The first-order valence-electron chi connectivity index (χ1n) is 17.7. The zero-order valence-electron chi connectivity index (χ0n) is 30.3. The number of hydrogen-bond acceptors (Lipinski definition) is 7. The molecule has 7 rings (SSSR count). The van der Waals surface area contributed by atoms with Crippen LogP contribution in [0.1, 0.15) is 73.7 Å². The smallest absolute Gasteiger partial charge is 0.268 e. The van der Waals surface area contributed by atoms with Gasteiger partial charge < -0.3 is 4.43 Å². The second-order valence-electron chi connectivity index (χ2n) is 15.0. The molecule has 52 heavy (non-hydrogen) atoms. The first-order valence-corrected chi connectivity index (χ1v) is 21.3. The van der Waals surface area contributed by atoms with E-state index in [4.69, 9.17) is 4.43 Å². The van der Waals surface area contributed by atoms with Gasteiger partial charge in [-0.05, 0) is 58.6 Å². The molecule has 270 valence electrons. The summed E-state index contributed by atoms with van der Waals surface area (Å²) < 4.78 is 36.9. The van der Waals surface area contributed by atoms with Gasteiger partial charge in [-0.25, -0.2) is 12.4 Å². The summed E-state index contributed by atoms with van der Waals surface area (Å²) in [6.07, 6.45) is 3.34. The predicted molar refractivity (Wildman–Crippen MR) is 199 cm³/mol. The number of aromatic nitrogens is 1. The van der Waals surface area contributed by atoms with Gasteiger partial charge in [-0.1, -0.05) is 90.1 Å². The lowest BCUT2D eigenvalue weighted by Crippen LogP contribution is -2.56. The molecule has 4 unspecified atom stereocenters. The van der Waals surface area contributed by atoms with Gasteiger partial charge in [0.25, 0.3) is 30.2 Å². The number of nitrogens with zero attached hydrogens (tertiary/aromatic N) is 3. The van der Waals surface area contributed by atoms with Crippen molar-refractivity contribution in [3.8, 4) is 0 Å². The highest BCUT2D eigenvalue weighted by Gasteiger charge is 2.62. The van der Waals surface area contributed by atoms with E-state index >= 15 is 0 Å². The highest BCUT2D eigenvalue weighted by Crippen LogP contribution is 2.53. The number of hydrogen-bond donors (Lipinski definition) is 0. The number of likely N-dealkylation sites (tertiary alicyclic amines) is 1. The Morgan fingerprint density at radius 1 is 0.692 bits per heavy atom. The maximum Gasteiger partial charge on any atom is 0.268 e. The summed E-state index contributed by atoms with van der Waals surface area (Å²) in [4.78, 5) is 59.4. The van der Waals surface area contributed by atoms with Crippen LogP contribution >= 0.6 is 0 Å². The second kappa shape index (κ2) is 12.7. The molecule has 12 heteroatoms. The fraction of sp³-hybridized carbons (Fsp3) is 0.350. The number of carbonyl (C=O) groups excluding carboxylic acids is 4. The quantitative estimate of drug-likeness (QED) is 0.135. The Bertz CT molecular complexity index is 2220. The van der Waals surface area contributed by atoms with E-state index in [1.54, 1.807) is 72.9 Å². The third kappa shape index (κ3) is 5.05.